The molecule has 2 aromatic carbocycles. The molecule has 0 aliphatic rings. The SMILES string of the molecule is CCOc1ccc(C(=O)N(C)CC(=O)Nc2cccc(C)c2C)cc1[N+](=O)[O-]. The Morgan fingerprint density at radius 3 is 2.57 bits per heavy atom. The van der Waals surface area contributed by atoms with Crippen molar-refractivity contribution in [3.05, 3.63) is 63.2 Å². The Bertz CT molecular complexity index is 911. The van der Waals surface area contributed by atoms with E-state index in [1.807, 2.05) is 26.0 Å². The number of rotatable bonds is 7. The first kappa shape index (κ1) is 20.9. The van der Waals surface area contributed by atoms with Gasteiger partial charge in [-0.2, -0.15) is 0 Å². The van der Waals surface area contributed by atoms with Gasteiger partial charge < -0.3 is 15.0 Å². The van der Waals surface area contributed by atoms with Gasteiger partial charge in [-0.15, -0.1) is 0 Å². The minimum atomic E-state index is -0.602. The second kappa shape index (κ2) is 8.98. The first-order valence-electron chi connectivity index (χ1n) is 8.77. The maximum absolute atomic E-state index is 12.6. The molecular weight excluding hydrogens is 362 g/mol. The Labute approximate surface area is 163 Å². The number of benzene rings is 2. The monoisotopic (exact) mass is 385 g/mol. The molecule has 0 atom stereocenters. The van der Waals surface area contributed by atoms with Crippen molar-refractivity contribution in [2.45, 2.75) is 20.8 Å². The zero-order valence-electron chi connectivity index (χ0n) is 16.3. The lowest BCUT2D eigenvalue weighted by atomic mass is 10.1. The molecule has 0 aliphatic heterocycles. The van der Waals surface area contributed by atoms with Crippen LogP contribution in [0.5, 0.6) is 5.75 Å². The zero-order chi connectivity index (χ0) is 20.8. The molecule has 0 aliphatic carbocycles. The Hall–Kier alpha value is -3.42. The van der Waals surface area contributed by atoms with Crippen LogP contribution in [0.15, 0.2) is 36.4 Å². The van der Waals surface area contributed by atoms with Crippen molar-refractivity contribution in [3.63, 3.8) is 0 Å². The molecule has 148 valence electrons. The fourth-order valence-electron chi connectivity index (χ4n) is 2.65. The molecule has 8 heteroatoms. The predicted octanol–water partition coefficient (Wildman–Crippen LogP) is 3.32. The third kappa shape index (κ3) is 4.85. The third-order valence-electron chi connectivity index (χ3n) is 4.31. The number of ether oxygens (including phenoxy) is 1. The second-order valence-corrected chi connectivity index (χ2v) is 6.33. The minimum Gasteiger partial charge on any atom is -0.487 e. The van der Waals surface area contributed by atoms with E-state index >= 15 is 0 Å². The van der Waals surface area contributed by atoms with E-state index in [0.29, 0.717) is 5.69 Å². The van der Waals surface area contributed by atoms with E-state index in [9.17, 15) is 19.7 Å². The summed E-state index contributed by atoms with van der Waals surface area (Å²) >= 11 is 0. The molecule has 0 bridgehead atoms. The van der Waals surface area contributed by atoms with Crippen LogP contribution in [-0.4, -0.2) is 41.8 Å². The molecule has 0 unspecified atom stereocenters. The number of nitrogens with zero attached hydrogens (tertiary/aromatic N) is 2. The van der Waals surface area contributed by atoms with E-state index in [4.69, 9.17) is 4.74 Å². The number of nitrogens with one attached hydrogen (secondary N) is 1. The molecule has 2 amide bonds. The number of hydrogen-bond donors (Lipinski definition) is 1. The highest BCUT2D eigenvalue weighted by molar-refractivity contribution is 6.00. The highest BCUT2D eigenvalue weighted by atomic mass is 16.6. The minimum absolute atomic E-state index is 0.0966. The molecule has 8 nitrogen and oxygen atoms in total. The molecule has 2 rings (SSSR count). The maximum atomic E-state index is 12.6. The molecule has 2 aromatic rings. The Balaban J connectivity index is 2.11. The van der Waals surface area contributed by atoms with Crippen molar-refractivity contribution in [3.8, 4) is 5.75 Å². The summed E-state index contributed by atoms with van der Waals surface area (Å²) in [5.41, 5.74) is 2.50. The number of carbonyl (C=O) groups excluding carboxylic acids is 2. The summed E-state index contributed by atoms with van der Waals surface area (Å²) in [7, 11) is 1.47. The fraction of sp³-hybridized carbons (Fsp3) is 0.300. The highest BCUT2D eigenvalue weighted by Crippen LogP contribution is 2.28. The number of amides is 2. The van der Waals surface area contributed by atoms with Crippen molar-refractivity contribution >= 4 is 23.2 Å². The van der Waals surface area contributed by atoms with Crippen molar-refractivity contribution in [2.75, 3.05) is 25.5 Å². The van der Waals surface area contributed by atoms with Gasteiger partial charge in [0.25, 0.3) is 5.91 Å². The molecule has 0 heterocycles. The number of likely N-dealkylation sites (N-methyl/N-ethyl adjacent to an activating group) is 1. The molecule has 0 spiro atoms. The number of carbonyl (C=O) groups is 2. The molecule has 0 saturated carbocycles. The highest BCUT2D eigenvalue weighted by Gasteiger charge is 2.21. The molecule has 28 heavy (non-hydrogen) atoms. The Morgan fingerprint density at radius 1 is 1.21 bits per heavy atom. The smallest absolute Gasteiger partial charge is 0.311 e. The Kier molecular flexibility index (Phi) is 6.70. The number of nitro benzene ring substituents is 1. The lowest BCUT2D eigenvalue weighted by Gasteiger charge is -2.18. The maximum Gasteiger partial charge on any atom is 0.311 e. The third-order valence-corrected chi connectivity index (χ3v) is 4.31. The van der Waals surface area contributed by atoms with Crippen LogP contribution in [0.2, 0.25) is 0 Å². The van der Waals surface area contributed by atoms with E-state index in [1.165, 1.54) is 24.1 Å². The number of hydrogen-bond acceptors (Lipinski definition) is 5. The van der Waals surface area contributed by atoms with Gasteiger partial charge in [-0.05, 0) is 50.1 Å². The predicted molar refractivity (Wildman–Crippen MR) is 106 cm³/mol. The largest absolute Gasteiger partial charge is 0.487 e. The van der Waals surface area contributed by atoms with Gasteiger partial charge in [-0.1, -0.05) is 12.1 Å². The van der Waals surface area contributed by atoms with Gasteiger partial charge in [0.1, 0.15) is 0 Å². The van der Waals surface area contributed by atoms with E-state index < -0.39 is 10.8 Å². The van der Waals surface area contributed by atoms with Crippen molar-refractivity contribution in [1.29, 1.82) is 0 Å². The van der Waals surface area contributed by atoms with Gasteiger partial charge in [0.05, 0.1) is 18.1 Å². The lowest BCUT2D eigenvalue weighted by Crippen LogP contribution is -2.35. The topological polar surface area (TPSA) is 102 Å². The molecule has 0 radical (unpaired) electrons. The van der Waals surface area contributed by atoms with E-state index in [0.717, 1.165) is 17.2 Å². The van der Waals surface area contributed by atoms with Gasteiger partial charge in [-0.3, -0.25) is 19.7 Å². The van der Waals surface area contributed by atoms with Crippen LogP contribution in [0.1, 0.15) is 28.4 Å². The second-order valence-electron chi connectivity index (χ2n) is 6.33. The number of nitro groups is 1. The number of anilines is 1. The van der Waals surface area contributed by atoms with E-state index in [2.05, 4.69) is 5.32 Å². The van der Waals surface area contributed by atoms with E-state index in [-0.39, 0.29) is 36.1 Å². The molecule has 1 N–H and O–H groups in total. The summed E-state index contributed by atoms with van der Waals surface area (Å²) in [6.07, 6.45) is 0. The molecule has 0 aromatic heterocycles. The summed E-state index contributed by atoms with van der Waals surface area (Å²) in [6, 6.07) is 9.56. The van der Waals surface area contributed by atoms with Gasteiger partial charge in [-0.25, -0.2) is 0 Å². The molecule has 0 saturated heterocycles. The first-order valence-corrected chi connectivity index (χ1v) is 8.77. The van der Waals surface area contributed by atoms with Gasteiger partial charge in [0, 0.05) is 24.4 Å². The van der Waals surface area contributed by atoms with Crippen LogP contribution in [-0.2, 0) is 4.79 Å². The van der Waals surface area contributed by atoms with Crippen LogP contribution >= 0.6 is 0 Å². The van der Waals surface area contributed by atoms with Crippen molar-refractivity contribution < 1.29 is 19.2 Å². The summed E-state index contributed by atoms with van der Waals surface area (Å²) in [5.74, 6) is -0.758. The van der Waals surface area contributed by atoms with Crippen LogP contribution in [0.4, 0.5) is 11.4 Å². The fourth-order valence-corrected chi connectivity index (χ4v) is 2.65. The average molecular weight is 385 g/mol. The lowest BCUT2D eigenvalue weighted by molar-refractivity contribution is -0.385. The molecule has 0 fully saturated rings. The van der Waals surface area contributed by atoms with Crippen molar-refractivity contribution in [2.24, 2.45) is 0 Å². The van der Waals surface area contributed by atoms with Gasteiger partial charge in [0.2, 0.25) is 5.91 Å². The summed E-state index contributed by atoms with van der Waals surface area (Å²) in [5, 5.41) is 14.0. The van der Waals surface area contributed by atoms with Gasteiger partial charge >= 0.3 is 5.69 Å². The van der Waals surface area contributed by atoms with Crippen LogP contribution < -0.4 is 10.1 Å². The Morgan fingerprint density at radius 2 is 1.93 bits per heavy atom. The normalized spacial score (nSPS) is 10.3. The molecular formula is C20H23N3O5. The summed E-state index contributed by atoms with van der Waals surface area (Å²) < 4.78 is 5.21. The van der Waals surface area contributed by atoms with Crippen LogP contribution in [0.25, 0.3) is 0 Å². The average Bonchev–Trinajstić information content (AvgIpc) is 2.65. The standard InChI is InChI=1S/C20H23N3O5/c1-5-28-18-10-9-15(11-17(18)23(26)27)20(25)22(4)12-19(24)21-16-8-6-7-13(2)14(16)3/h6-11H,5,12H2,1-4H3,(H,21,24). The zero-order valence-corrected chi connectivity index (χ0v) is 16.3. The summed E-state index contributed by atoms with van der Waals surface area (Å²) in [6.45, 7) is 5.64. The van der Waals surface area contributed by atoms with Gasteiger partial charge in [0.15, 0.2) is 5.75 Å². The number of aryl methyl sites for hydroxylation is 1. The van der Waals surface area contributed by atoms with Crippen LogP contribution in [0.3, 0.4) is 0 Å². The summed E-state index contributed by atoms with van der Waals surface area (Å²) in [4.78, 5) is 36.7. The van der Waals surface area contributed by atoms with Crippen molar-refractivity contribution in [1.82, 2.24) is 4.90 Å². The quantitative estimate of drug-likeness (QED) is 0.582. The first-order chi connectivity index (χ1) is 13.2. The van der Waals surface area contributed by atoms with Crippen LogP contribution in [0, 0.1) is 24.0 Å². The van der Waals surface area contributed by atoms with E-state index in [1.54, 1.807) is 13.0 Å².